The van der Waals surface area contributed by atoms with E-state index in [2.05, 4.69) is 5.32 Å². The van der Waals surface area contributed by atoms with Crippen LogP contribution < -0.4 is 5.32 Å². The Bertz CT molecular complexity index is 329. The van der Waals surface area contributed by atoms with Gasteiger partial charge in [0, 0.05) is 33.9 Å². The van der Waals surface area contributed by atoms with E-state index in [1.807, 2.05) is 0 Å². The zero-order valence-corrected chi connectivity index (χ0v) is 16.9. The van der Waals surface area contributed by atoms with Crippen LogP contribution >= 0.6 is 0 Å². The molecule has 0 aliphatic heterocycles. The molecule has 1 N–H and O–H groups in total. The molecule has 8 nitrogen and oxygen atoms in total. The van der Waals surface area contributed by atoms with E-state index in [0.29, 0.717) is 58.7 Å². The maximum Gasteiger partial charge on any atom is 0.501 e. The lowest BCUT2D eigenvalue weighted by Gasteiger charge is -2.29. The minimum Gasteiger partial charge on any atom is -0.382 e. The summed E-state index contributed by atoms with van der Waals surface area (Å²) in [6.45, 7) is 4.83. The molecule has 9 heteroatoms. The van der Waals surface area contributed by atoms with Gasteiger partial charge in [0.25, 0.3) is 0 Å². The normalized spacial score (nSPS) is 12.0. The fourth-order valence-corrected chi connectivity index (χ4v) is 4.39. The predicted molar refractivity (Wildman–Crippen MR) is 96.5 cm³/mol. The number of methoxy groups -OCH3 is 3. The summed E-state index contributed by atoms with van der Waals surface area (Å²) in [5.41, 5.74) is 0. The highest BCUT2D eigenvalue weighted by Gasteiger charge is 2.40. The van der Waals surface area contributed by atoms with Crippen molar-refractivity contribution in [1.29, 1.82) is 0 Å². The lowest BCUT2D eigenvalue weighted by atomic mass is 10.4. The Balaban J connectivity index is 4.65. The summed E-state index contributed by atoms with van der Waals surface area (Å²) < 4.78 is 33.0. The number of nitrogens with one attached hydrogen (secondary N) is 1. The maximum absolute atomic E-state index is 11.5. The Morgan fingerprint density at radius 1 is 0.880 bits per heavy atom. The van der Waals surface area contributed by atoms with Crippen LogP contribution in [-0.2, 0) is 32.3 Å². The van der Waals surface area contributed by atoms with Gasteiger partial charge in [0.1, 0.15) is 0 Å². The molecule has 0 saturated heterocycles. The number of hydrogen-bond donors (Lipinski definition) is 1. The van der Waals surface area contributed by atoms with E-state index in [4.69, 9.17) is 27.5 Å². The molecule has 0 aliphatic rings. The Hall–Kier alpha value is -0.813. The third kappa shape index (κ3) is 13.1. The van der Waals surface area contributed by atoms with Gasteiger partial charge >= 0.3 is 8.80 Å². The Labute approximate surface area is 152 Å². The first kappa shape index (κ1) is 24.2. The van der Waals surface area contributed by atoms with Gasteiger partial charge in [-0.2, -0.15) is 0 Å². The number of allylic oxidation sites excluding steroid dienone is 1. The van der Waals surface area contributed by atoms with E-state index in [9.17, 15) is 4.79 Å². The van der Waals surface area contributed by atoms with Gasteiger partial charge in [-0.25, -0.2) is 0 Å². The average molecular weight is 380 g/mol. The smallest absolute Gasteiger partial charge is 0.382 e. The highest BCUT2D eigenvalue weighted by Crippen LogP contribution is 2.18. The first-order chi connectivity index (χ1) is 12.1. The van der Waals surface area contributed by atoms with E-state index in [0.717, 1.165) is 0 Å². The number of carbonyl (C=O) groups excluding carboxylic acids is 1. The number of ether oxygens (including phenoxy) is 3. The molecule has 0 saturated carbocycles. The predicted octanol–water partition coefficient (Wildman–Crippen LogP) is 0.997. The van der Waals surface area contributed by atoms with Crippen LogP contribution in [-0.4, -0.2) is 82.2 Å². The van der Waals surface area contributed by atoms with E-state index in [-0.39, 0.29) is 5.91 Å². The third-order valence-corrected chi connectivity index (χ3v) is 6.00. The van der Waals surface area contributed by atoms with E-state index in [1.54, 1.807) is 34.3 Å². The second-order valence-corrected chi connectivity index (χ2v) is 7.83. The SMILES string of the molecule is CC=CC(=O)NCCC[Si](OCCOC)(OCCOC)OCCOC. The summed E-state index contributed by atoms with van der Waals surface area (Å²) in [5, 5.41) is 2.81. The number of carbonyl (C=O) groups is 1. The molecule has 1 amide bonds. The monoisotopic (exact) mass is 379 g/mol. The lowest BCUT2D eigenvalue weighted by Crippen LogP contribution is -2.48. The van der Waals surface area contributed by atoms with Crippen LogP contribution in [0.25, 0.3) is 0 Å². The molecule has 0 heterocycles. The third-order valence-electron chi connectivity index (χ3n) is 3.11. The van der Waals surface area contributed by atoms with Crippen LogP contribution in [0.3, 0.4) is 0 Å². The van der Waals surface area contributed by atoms with Crippen molar-refractivity contribution in [1.82, 2.24) is 5.32 Å². The zero-order valence-electron chi connectivity index (χ0n) is 15.9. The maximum atomic E-state index is 11.5. The molecule has 0 radical (unpaired) electrons. The number of amides is 1. The van der Waals surface area contributed by atoms with Gasteiger partial charge in [-0.05, 0) is 19.4 Å². The quantitative estimate of drug-likeness (QED) is 0.229. The summed E-state index contributed by atoms with van der Waals surface area (Å²) in [5.74, 6) is -0.115. The zero-order chi connectivity index (χ0) is 18.8. The Morgan fingerprint density at radius 2 is 1.36 bits per heavy atom. The van der Waals surface area contributed by atoms with Crippen molar-refractivity contribution in [2.75, 3.05) is 67.5 Å². The van der Waals surface area contributed by atoms with Gasteiger partial charge in [-0.15, -0.1) is 0 Å². The molecule has 0 bridgehead atoms. The fraction of sp³-hybridized carbons (Fsp3) is 0.812. The molecule has 0 atom stereocenters. The number of hydrogen-bond acceptors (Lipinski definition) is 7. The van der Waals surface area contributed by atoms with Crippen LogP contribution in [0.5, 0.6) is 0 Å². The van der Waals surface area contributed by atoms with Crippen LogP contribution in [0.2, 0.25) is 6.04 Å². The van der Waals surface area contributed by atoms with Crippen molar-refractivity contribution in [2.45, 2.75) is 19.4 Å². The summed E-state index contributed by atoms with van der Waals surface area (Å²) in [7, 11) is 1.93. The minimum atomic E-state index is -2.91. The molecule has 0 spiro atoms. The molecule has 0 unspecified atom stereocenters. The molecule has 0 aromatic rings. The Kier molecular flexibility index (Phi) is 16.1. The van der Waals surface area contributed by atoms with E-state index >= 15 is 0 Å². The molecule has 0 aromatic heterocycles. The van der Waals surface area contributed by atoms with Gasteiger partial charge < -0.3 is 32.8 Å². The second kappa shape index (κ2) is 16.6. The molecular formula is C16H33NO7Si. The molecule has 0 aromatic carbocycles. The van der Waals surface area contributed by atoms with Gasteiger partial charge in [0.2, 0.25) is 5.91 Å². The van der Waals surface area contributed by atoms with Crippen molar-refractivity contribution < 1.29 is 32.3 Å². The summed E-state index contributed by atoms with van der Waals surface area (Å²) in [4.78, 5) is 11.5. The fourth-order valence-electron chi connectivity index (χ4n) is 1.91. The second-order valence-electron chi connectivity index (χ2n) is 5.10. The number of rotatable bonds is 17. The lowest BCUT2D eigenvalue weighted by molar-refractivity contribution is -0.116. The van der Waals surface area contributed by atoms with Crippen molar-refractivity contribution in [2.24, 2.45) is 0 Å². The van der Waals surface area contributed by atoms with Crippen molar-refractivity contribution in [3.8, 4) is 0 Å². The van der Waals surface area contributed by atoms with Gasteiger partial charge in [-0.3, -0.25) is 4.79 Å². The molecule has 25 heavy (non-hydrogen) atoms. The van der Waals surface area contributed by atoms with Crippen LogP contribution in [0.15, 0.2) is 12.2 Å². The first-order valence-corrected chi connectivity index (χ1v) is 10.4. The largest absolute Gasteiger partial charge is 0.501 e. The van der Waals surface area contributed by atoms with Crippen LogP contribution in [0.4, 0.5) is 0 Å². The molecule has 0 rings (SSSR count). The van der Waals surface area contributed by atoms with Crippen molar-refractivity contribution >= 4 is 14.7 Å². The highest BCUT2D eigenvalue weighted by atomic mass is 28.4. The van der Waals surface area contributed by atoms with E-state index < -0.39 is 8.80 Å². The first-order valence-electron chi connectivity index (χ1n) is 8.43. The van der Waals surface area contributed by atoms with Gasteiger partial charge in [-0.1, -0.05) is 6.08 Å². The van der Waals surface area contributed by atoms with Gasteiger partial charge in [0.15, 0.2) is 0 Å². The molecule has 0 aliphatic carbocycles. The van der Waals surface area contributed by atoms with Gasteiger partial charge in [0.05, 0.1) is 39.6 Å². The standard InChI is InChI=1S/C16H33NO7Si/c1-5-7-16(18)17-8-6-15-25(22-12-9-19-2,23-13-10-20-3)24-14-11-21-4/h5,7H,6,8-15H2,1-4H3,(H,17,18). The van der Waals surface area contributed by atoms with E-state index in [1.165, 1.54) is 6.08 Å². The summed E-state index contributed by atoms with van der Waals surface area (Å²) >= 11 is 0. The van der Waals surface area contributed by atoms with Crippen molar-refractivity contribution in [3.63, 3.8) is 0 Å². The molecule has 148 valence electrons. The average Bonchev–Trinajstić information content (AvgIpc) is 2.60. The summed E-state index contributed by atoms with van der Waals surface area (Å²) in [6, 6.07) is 0.584. The topological polar surface area (TPSA) is 84.5 Å². The highest BCUT2D eigenvalue weighted by molar-refractivity contribution is 6.60. The van der Waals surface area contributed by atoms with Crippen LogP contribution in [0.1, 0.15) is 13.3 Å². The summed E-state index contributed by atoms with van der Waals surface area (Å²) in [6.07, 6.45) is 3.87. The minimum absolute atomic E-state index is 0.115. The Morgan fingerprint density at radius 3 is 1.76 bits per heavy atom. The molecule has 0 fully saturated rings. The van der Waals surface area contributed by atoms with Crippen molar-refractivity contribution in [3.05, 3.63) is 12.2 Å². The van der Waals surface area contributed by atoms with Crippen LogP contribution in [0, 0.1) is 0 Å². The molecular weight excluding hydrogens is 346 g/mol.